The fraction of sp³-hybridized carbons (Fsp3) is 0.909. The molecule has 3 nitrogen and oxygen atoms in total. The molecular formula is C11H24N2O. The van der Waals surface area contributed by atoms with Crippen molar-refractivity contribution in [1.29, 1.82) is 0 Å². The average molecular weight is 200 g/mol. The van der Waals surface area contributed by atoms with Gasteiger partial charge in [-0.05, 0) is 18.8 Å². The predicted octanol–water partition coefficient (Wildman–Crippen LogP) is 1.52. The number of nitrogens with two attached hydrogens (primary N) is 1. The second-order valence-electron chi connectivity index (χ2n) is 4.32. The Bertz CT molecular complexity index is 169. The van der Waals surface area contributed by atoms with E-state index in [-0.39, 0.29) is 11.9 Å². The lowest BCUT2D eigenvalue weighted by Gasteiger charge is -2.19. The van der Waals surface area contributed by atoms with Crippen molar-refractivity contribution in [3.63, 3.8) is 0 Å². The van der Waals surface area contributed by atoms with Crippen LogP contribution >= 0.6 is 0 Å². The van der Waals surface area contributed by atoms with Crippen molar-refractivity contribution in [3.05, 3.63) is 0 Å². The van der Waals surface area contributed by atoms with Gasteiger partial charge >= 0.3 is 0 Å². The number of rotatable bonds is 6. The molecule has 84 valence electrons. The topological polar surface area (TPSA) is 55.1 Å². The first-order chi connectivity index (χ1) is 6.51. The average Bonchev–Trinajstić information content (AvgIpc) is 2.13. The van der Waals surface area contributed by atoms with Crippen LogP contribution in [0.5, 0.6) is 0 Å². The third kappa shape index (κ3) is 5.22. The van der Waals surface area contributed by atoms with E-state index < -0.39 is 0 Å². The second-order valence-corrected chi connectivity index (χ2v) is 4.32. The van der Waals surface area contributed by atoms with Crippen LogP contribution < -0.4 is 11.1 Å². The van der Waals surface area contributed by atoms with E-state index in [9.17, 15) is 4.79 Å². The molecule has 0 bridgehead atoms. The van der Waals surface area contributed by atoms with Crippen molar-refractivity contribution in [2.45, 2.75) is 46.6 Å². The number of carbonyl (C=O) groups excluding carboxylic acids is 1. The SMILES string of the molecule is CCC(CC(=O)N[C@@H](C)CN)C(C)C. The van der Waals surface area contributed by atoms with Crippen LogP contribution in [0.3, 0.4) is 0 Å². The van der Waals surface area contributed by atoms with Gasteiger partial charge < -0.3 is 11.1 Å². The molecule has 0 aliphatic heterocycles. The fourth-order valence-corrected chi connectivity index (χ4v) is 1.48. The Morgan fingerprint density at radius 3 is 2.29 bits per heavy atom. The molecule has 0 radical (unpaired) electrons. The van der Waals surface area contributed by atoms with Crippen LogP contribution in [0.4, 0.5) is 0 Å². The molecule has 0 aliphatic rings. The van der Waals surface area contributed by atoms with Crippen LogP contribution in [0.25, 0.3) is 0 Å². The normalized spacial score (nSPS) is 15.3. The Hall–Kier alpha value is -0.570. The Labute approximate surface area is 87.4 Å². The summed E-state index contributed by atoms with van der Waals surface area (Å²) in [6, 6.07) is 0.0900. The highest BCUT2D eigenvalue weighted by atomic mass is 16.1. The zero-order valence-corrected chi connectivity index (χ0v) is 9.84. The Kier molecular flexibility index (Phi) is 6.54. The maximum atomic E-state index is 11.5. The third-order valence-corrected chi connectivity index (χ3v) is 2.68. The highest BCUT2D eigenvalue weighted by Crippen LogP contribution is 2.18. The summed E-state index contributed by atoms with van der Waals surface area (Å²) >= 11 is 0. The summed E-state index contributed by atoms with van der Waals surface area (Å²) in [7, 11) is 0. The molecule has 2 atom stereocenters. The predicted molar refractivity (Wildman–Crippen MR) is 59.9 cm³/mol. The largest absolute Gasteiger partial charge is 0.352 e. The molecule has 0 aliphatic carbocycles. The maximum absolute atomic E-state index is 11.5. The summed E-state index contributed by atoms with van der Waals surface area (Å²) in [6.45, 7) is 8.88. The van der Waals surface area contributed by atoms with Crippen molar-refractivity contribution >= 4 is 5.91 Å². The van der Waals surface area contributed by atoms with Crippen LogP contribution in [0, 0.1) is 11.8 Å². The Balaban J connectivity index is 3.91. The number of amides is 1. The monoisotopic (exact) mass is 200 g/mol. The van der Waals surface area contributed by atoms with Gasteiger partial charge in [0.25, 0.3) is 0 Å². The van der Waals surface area contributed by atoms with E-state index in [0.717, 1.165) is 6.42 Å². The Morgan fingerprint density at radius 1 is 1.36 bits per heavy atom. The van der Waals surface area contributed by atoms with Crippen molar-refractivity contribution in [1.82, 2.24) is 5.32 Å². The van der Waals surface area contributed by atoms with Gasteiger partial charge in [0.05, 0.1) is 0 Å². The molecule has 0 spiro atoms. The third-order valence-electron chi connectivity index (χ3n) is 2.68. The van der Waals surface area contributed by atoms with E-state index in [1.165, 1.54) is 0 Å². The van der Waals surface area contributed by atoms with E-state index in [1.807, 2.05) is 6.92 Å². The van der Waals surface area contributed by atoms with Crippen LogP contribution in [0.1, 0.15) is 40.5 Å². The van der Waals surface area contributed by atoms with Crippen molar-refractivity contribution in [2.24, 2.45) is 17.6 Å². The lowest BCUT2D eigenvalue weighted by atomic mass is 9.90. The van der Waals surface area contributed by atoms with Gasteiger partial charge in [-0.3, -0.25) is 4.79 Å². The zero-order valence-electron chi connectivity index (χ0n) is 9.84. The molecule has 0 aromatic carbocycles. The van der Waals surface area contributed by atoms with Gasteiger partial charge in [-0.1, -0.05) is 27.2 Å². The first kappa shape index (κ1) is 13.4. The molecule has 1 amide bonds. The van der Waals surface area contributed by atoms with Gasteiger partial charge in [0, 0.05) is 19.0 Å². The molecule has 3 heteroatoms. The molecule has 14 heavy (non-hydrogen) atoms. The first-order valence-corrected chi connectivity index (χ1v) is 5.50. The molecule has 0 aromatic heterocycles. The van der Waals surface area contributed by atoms with Crippen LogP contribution in [0.15, 0.2) is 0 Å². The minimum atomic E-state index is 0.0900. The second kappa shape index (κ2) is 6.82. The summed E-state index contributed by atoms with van der Waals surface area (Å²) in [5, 5.41) is 2.89. The van der Waals surface area contributed by atoms with Gasteiger partial charge in [-0.15, -0.1) is 0 Å². The number of hydrogen-bond donors (Lipinski definition) is 2. The maximum Gasteiger partial charge on any atom is 0.220 e. The van der Waals surface area contributed by atoms with Crippen LogP contribution in [-0.4, -0.2) is 18.5 Å². The van der Waals surface area contributed by atoms with E-state index >= 15 is 0 Å². The summed E-state index contributed by atoms with van der Waals surface area (Å²) in [5.41, 5.74) is 5.43. The lowest BCUT2D eigenvalue weighted by Crippen LogP contribution is -2.38. The molecular weight excluding hydrogens is 176 g/mol. The zero-order chi connectivity index (χ0) is 11.1. The van der Waals surface area contributed by atoms with Gasteiger partial charge in [-0.2, -0.15) is 0 Å². The standard InChI is InChI=1S/C11H24N2O/c1-5-10(8(2)3)6-11(14)13-9(4)7-12/h8-10H,5-7,12H2,1-4H3,(H,13,14)/t9-,10?/m0/s1. The van der Waals surface area contributed by atoms with Crippen LogP contribution in [0.2, 0.25) is 0 Å². The first-order valence-electron chi connectivity index (χ1n) is 5.50. The molecule has 0 aromatic rings. The molecule has 1 unspecified atom stereocenters. The lowest BCUT2D eigenvalue weighted by molar-refractivity contribution is -0.122. The summed E-state index contributed by atoms with van der Waals surface area (Å²) in [6.07, 6.45) is 1.68. The van der Waals surface area contributed by atoms with E-state index in [4.69, 9.17) is 5.73 Å². The number of carbonyl (C=O) groups is 1. The Morgan fingerprint density at radius 2 is 1.93 bits per heavy atom. The van der Waals surface area contributed by atoms with E-state index in [1.54, 1.807) is 0 Å². The minimum Gasteiger partial charge on any atom is -0.352 e. The minimum absolute atomic E-state index is 0.0900. The van der Waals surface area contributed by atoms with Gasteiger partial charge in [0.1, 0.15) is 0 Å². The smallest absolute Gasteiger partial charge is 0.220 e. The highest BCUT2D eigenvalue weighted by Gasteiger charge is 2.16. The van der Waals surface area contributed by atoms with Crippen LogP contribution in [-0.2, 0) is 4.79 Å². The van der Waals surface area contributed by atoms with Gasteiger partial charge in [0.15, 0.2) is 0 Å². The molecule has 0 rings (SSSR count). The summed E-state index contributed by atoms with van der Waals surface area (Å²) < 4.78 is 0. The molecule has 3 N–H and O–H groups in total. The molecule has 0 fully saturated rings. The quantitative estimate of drug-likeness (QED) is 0.683. The van der Waals surface area contributed by atoms with E-state index in [2.05, 4.69) is 26.1 Å². The van der Waals surface area contributed by atoms with Crippen molar-refractivity contribution in [3.8, 4) is 0 Å². The van der Waals surface area contributed by atoms with Crippen molar-refractivity contribution in [2.75, 3.05) is 6.54 Å². The molecule has 0 saturated carbocycles. The number of hydrogen-bond acceptors (Lipinski definition) is 2. The van der Waals surface area contributed by atoms with E-state index in [0.29, 0.717) is 24.8 Å². The molecule has 0 heterocycles. The van der Waals surface area contributed by atoms with Crippen molar-refractivity contribution < 1.29 is 4.79 Å². The van der Waals surface area contributed by atoms with Gasteiger partial charge in [-0.25, -0.2) is 0 Å². The van der Waals surface area contributed by atoms with Gasteiger partial charge in [0.2, 0.25) is 5.91 Å². The molecule has 0 saturated heterocycles. The fourth-order valence-electron chi connectivity index (χ4n) is 1.48. The summed E-state index contributed by atoms with van der Waals surface area (Å²) in [4.78, 5) is 11.5. The highest BCUT2D eigenvalue weighted by molar-refractivity contribution is 5.76. The number of nitrogens with one attached hydrogen (secondary N) is 1. The summed E-state index contributed by atoms with van der Waals surface area (Å²) in [5.74, 6) is 1.18.